The number of nitrogens with one attached hydrogen (secondary N) is 2. The number of likely N-dealkylation sites (tertiary alicyclic amines) is 1. The van der Waals surface area contributed by atoms with Crippen molar-refractivity contribution in [3.05, 3.63) is 29.8 Å². The predicted octanol–water partition coefficient (Wildman–Crippen LogP) is 1.57. The van der Waals surface area contributed by atoms with Gasteiger partial charge in [0.2, 0.25) is 11.8 Å². The summed E-state index contributed by atoms with van der Waals surface area (Å²) in [4.78, 5) is 39.2. The number of fused-ring (bicyclic) bond motifs is 1. The molecule has 1 spiro atoms. The zero-order chi connectivity index (χ0) is 19.0. The topological polar surface area (TPSA) is 87.7 Å². The zero-order valence-corrected chi connectivity index (χ0v) is 15.5. The number of carbonyl (C=O) groups is 3. The minimum absolute atomic E-state index is 0.0835. The molecular weight excluding hydrogens is 346 g/mol. The second kappa shape index (κ2) is 6.87. The lowest BCUT2D eigenvalue weighted by Gasteiger charge is -2.38. The second-order valence-corrected chi connectivity index (χ2v) is 7.70. The quantitative estimate of drug-likeness (QED) is 0.844. The molecule has 1 saturated carbocycles. The van der Waals surface area contributed by atoms with Gasteiger partial charge in [-0.15, -0.1) is 0 Å². The van der Waals surface area contributed by atoms with Crippen LogP contribution >= 0.6 is 0 Å². The summed E-state index contributed by atoms with van der Waals surface area (Å²) in [5, 5.41) is 5.96. The minimum atomic E-state index is -0.903. The lowest BCUT2D eigenvalue weighted by molar-refractivity contribution is -0.139. The van der Waals surface area contributed by atoms with Crippen LogP contribution in [0.3, 0.4) is 0 Å². The van der Waals surface area contributed by atoms with E-state index in [1.54, 1.807) is 30.0 Å². The minimum Gasteiger partial charge on any atom is -0.467 e. The molecule has 2 heterocycles. The average Bonchev–Trinajstić information content (AvgIpc) is 2.77. The van der Waals surface area contributed by atoms with E-state index in [9.17, 15) is 14.4 Å². The monoisotopic (exact) mass is 371 g/mol. The largest absolute Gasteiger partial charge is 0.467 e. The zero-order valence-electron chi connectivity index (χ0n) is 15.5. The molecule has 7 nitrogen and oxygen atoms in total. The Hall–Kier alpha value is -2.57. The van der Waals surface area contributed by atoms with E-state index in [2.05, 4.69) is 10.6 Å². The highest BCUT2D eigenvalue weighted by Gasteiger charge is 2.43. The molecule has 2 N–H and O–H groups in total. The van der Waals surface area contributed by atoms with Gasteiger partial charge < -0.3 is 20.3 Å². The van der Waals surface area contributed by atoms with Gasteiger partial charge >= 0.3 is 0 Å². The average molecular weight is 371 g/mol. The molecule has 27 heavy (non-hydrogen) atoms. The van der Waals surface area contributed by atoms with Gasteiger partial charge in [-0.05, 0) is 38.3 Å². The van der Waals surface area contributed by atoms with Crippen LogP contribution in [0.4, 0.5) is 0 Å². The fourth-order valence-corrected chi connectivity index (χ4v) is 3.91. The fraction of sp³-hybridized carbons (Fsp3) is 0.550. The summed E-state index contributed by atoms with van der Waals surface area (Å²) in [6.07, 6.45) is 4.22. The third-order valence-corrected chi connectivity index (χ3v) is 5.90. The van der Waals surface area contributed by atoms with Crippen LogP contribution in [0.15, 0.2) is 24.3 Å². The van der Waals surface area contributed by atoms with Crippen LogP contribution in [0.2, 0.25) is 0 Å². The molecule has 144 valence electrons. The van der Waals surface area contributed by atoms with Crippen LogP contribution < -0.4 is 15.4 Å². The highest BCUT2D eigenvalue weighted by molar-refractivity contribution is 5.98. The smallest absolute Gasteiger partial charge is 0.258 e. The van der Waals surface area contributed by atoms with Gasteiger partial charge in [0.05, 0.1) is 5.56 Å². The molecule has 2 aliphatic heterocycles. The molecule has 3 amide bonds. The maximum atomic E-state index is 12.7. The first-order valence-electron chi connectivity index (χ1n) is 9.68. The Kier molecular flexibility index (Phi) is 4.53. The van der Waals surface area contributed by atoms with Crippen molar-refractivity contribution in [3.8, 4) is 5.75 Å². The van der Waals surface area contributed by atoms with Crippen molar-refractivity contribution in [2.24, 2.45) is 0 Å². The van der Waals surface area contributed by atoms with Crippen molar-refractivity contribution in [1.29, 1.82) is 0 Å². The molecule has 1 saturated heterocycles. The second-order valence-electron chi connectivity index (χ2n) is 7.70. The number of hydrogen-bond acceptors (Lipinski definition) is 4. The van der Waals surface area contributed by atoms with Crippen molar-refractivity contribution in [2.75, 3.05) is 6.54 Å². The molecule has 0 bridgehead atoms. The summed E-state index contributed by atoms with van der Waals surface area (Å²) in [5.41, 5.74) is -0.399. The van der Waals surface area contributed by atoms with E-state index in [0.717, 1.165) is 19.3 Å². The lowest BCUT2D eigenvalue weighted by Crippen LogP contribution is -2.56. The van der Waals surface area contributed by atoms with Crippen molar-refractivity contribution < 1.29 is 19.1 Å². The van der Waals surface area contributed by atoms with Gasteiger partial charge in [-0.2, -0.15) is 0 Å². The summed E-state index contributed by atoms with van der Waals surface area (Å²) in [7, 11) is 0. The van der Waals surface area contributed by atoms with Crippen molar-refractivity contribution in [1.82, 2.24) is 15.5 Å². The highest BCUT2D eigenvalue weighted by Crippen LogP contribution is 2.34. The van der Waals surface area contributed by atoms with Gasteiger partial charge in [0.25, 0.3) is 5.91 Å². The lowest BCUT2D eigenvalue weighted by atomic mass is 9.93. The first-order chi connectivity index (χ1) is 13.0. The Bertz CT molecular complexity index is 776. The fourth-order valence-electron chi connectivity index (χ4n) is 3.91. The number of para-hydroxylation sites is 1. The summed E-state index contributed by atoms with van der Waals surface area (Å²) in [5.74, 6) is 0.161. The van der Waals surface area contributed by atoms with Crippen molar-refractivity contribution in [2.45, 2.75) is 63.3 Å². The molecule has 1 aromatic rings. The Morgan fingerprint density at radius 3 is 2.81 bits per heavy atom. The molecule has 0 radical (unpaired) electrons. The van der Waals surface area contributed by atoms with Gasteiger partial charge in [-0.1, -0.05) is 12.1 Å². The number of ether oxygens (including phenoxy) is 1. The van der Waals surface area contributed by atoms with Gasteiger partial charge in [0.1, 0.15) is 11.8 Å². The first kappa shape index (κ1) is 17.8. The normalized spacial score (nSPS) is 26.3. The van der Waals surface area contributed by atoms with Crippen molar-refractivity contribution >= 4 is 17.7 Å². The summed E-state index contributed by atoms with van der Waals surface area (Å²) < 4.78 is 6.13. The van der Waals surface area contributed by atoms with E-state index in [1.165, 1.54) is 0 Å². The molecule has 0 aromatic heterocycles. The van der Waals surface area contributed by atoms with Gasteiger partial charge in [-0.3, -0.25) is 14.4 Å². The molecule has 1 aliphatic carbocycles. The number of benzene rings is 1. The maximum absolute atomic E-state index is 12.7. The summed E-state index contributed by atoms with van der Waals surface area (Å²) in [6, 6.07) is 6.82. The molecule has 2 fully saturated rings. The van der Waals surface area contributed by atoms with E-state index < -0.39 is 11.8 Å². The highest BCUT2D eigenvalue weighted by atomic mass is 16.5. The third-order valence-electron chi connectivity index (χ3n) is 5.90. The number of carbonyl (C=O) groups excluding carboxylic acids is 3. The number of nitrogens with zero attached hydrogens (tertiary/aromatic N) is 1. The Morgan fingerprint density at radius 1 is 1.30 bits per heavy atom. The van der Waals surface area contributed by atoms with Gasteiger partial charge in [0, 0.05) is 31.8 Å². The van der Waals surface area contributed by atoms with Crippen LogP contribution in [0.5, 0.6) is 5.75 Å². The maximum Gasteiger partial charge on any atom is 0.258 e. The van der Waals surface area contributed by atoms with E-state index in [0.29, 0.717) is 30.7 Å². The van der Waals surface area contributed by atoms with Crippen LogP contribution in [-0.2, 0) is 9.59 Å². The number of rotatable bonds is 3. The van der Waals surface area contributed by atoms with Crippen molar-refractivity contribution in [3.63, 3.8) is 0 Å². The molecule has 2 atom stereocenters. The van der Waals surface area contributed by atoms with Crippen LogP contribution in [0.25, 0.3) is 0 Å². The van der Waals surface area contributed by atoms with Gasteiger partial charge in [0.15, 0.2) is 5.72 Å². The summed E-state index contributed by atoms with van der Waals surface area (Å²) >= 11 is 0. The molecule has 3 aliphatic rings. The SMILES string of the molecule is C[C@@H](C(=O)NC1CCC1)N1CC[C@@]2(CCC1=O)NC(=O)c1ccccc1O2. The molecular formula is C20H25N3O4. The number of amides is 3. The van der Waals surface area contributed by atoms with Crippen LogP contribution in [-0.4, -0.2) is 47.0 Å². The van der Waals surface area contributed by atoms with E-state index in [-0.39, 0.29) is 30.2 Å². The number of hydrogen-bond donors (Lipinski definition) is 2. The van der Waals surface area contributed by atoms with Gasteiger partial charge in [-0.25, -0.2) is 0 Å². The third kappa shape index (κ3) is 3.38. The Labute approximate surface area is 158 Å². The predicted molar refractivity (Wildman–Crippen MR) is 98.1 cm³/mol. The molecule has 1 aromatic carbocycles. The molecule has 0 unspecified atom stereocenters. The summed E-state index contributed by atoms with van der Waals surface area (Å²) in [6.45, 7) is 2.13. The molecule has 7 heteroatoms. The first-order valence-corrected chi connectivity index (χ1v) is 9.68. The molecule has 4 rings (SSSR count). The van der Waals surface area contributed by atoms with E-state index >= 15 is 0 Å². The van der Waals surface area contributed by atoms with Crippen LogP contribution in [0.1, 0.15) is 55.8 Å². The Balaban J connectivity index is 1.47. The standard InChI is InChI=1S/C20H25N3O4/c1-13(18(25)21-14-5-4-6-14)23-12-11-20(10-9-17(23)24)22-19(26)15-7-2-3-8-16(15)27-20/h2-3,7-8,13-14H,4-6,9-12H2,1H3,(H,21,25)(H,22,26)/t13-,20-/m0/s1. The van der Waals surface area contributed by atoms with E-state index in [1.807, 2.05) is 6.07 Å². The van der Waals surface area contributed by atoms with Crippen LogP contribution in [0, 0.1) is 0 Å². The van der Waals surface area contributed by atoms with E-state index in [4.69, 9.17) is 4.74 Å². The Morgan fingerprint density at radius 2 is 2.07 bits per heavy atom.